The molecule has 3 rings (SSSR count). The van der Waals surface area contributed by atoms with Crippen LogP contribution >= 0.6 is 0 Å². The summed E-state index contributed by atoms with van der Waals surface area (Å²) < 4.78 is 5.46. The lowest BCUT2D eigenvalue weighted by molar-refractivity contribution is 0.246. The molecule has 1 fully saturated rings. The Morgan fingerprint density at radius 2 is 1.92 bits per heavy atom. The Hall–Kier alpha value is -2.69. The van der Waals surface area contributed by atoms with E-state index in [0.717, 1.165) is 43.1 Å². The number of anilines is 2. The molecule has 2 aromatic carbocycles. The van der Waals surface area contributed by atoms with Gasteiger partial charge in [-0.1, -0.05) is 29.8 Å². The summed E-state index contributed by atoms with van der Waals surface area (Å²) in [6, 6.07) is 15.8. The Bertz CT molecular complexity index is 715. The minimum Gasteiger partial charge on any atom is -0.495 e. The third-order valence-electron chi connectivity index (χ3n) is 4.49. The van der Waals surface area contributed by atoms with E-state index in [1.54, 1.807) is 7.11 Å². The molecule has 1 heterocycles. The van der Waals surface area contributed by atoms with E-state index < -0.39 is 0 Å². The second-order valence-corrected chi connectivity index (χ2v) is 6.42. The van der Waals surface area contributed by atoms with Gasteiger partial charge in [0, 0.05) is 24.8 Å². The molecule has 0 spiro atoms. The topological polar surface area (TPSA) is 53.6 Å². The molecule has 1 aliphatic rings. The molecule has 0 aliphatic carbocycles. The molecule has 1 atom stereocenters. The van der Waals surface area contributed by atoms with Gasteiger partial charge in [-0.25, -0.2) is 4.79 Å². The monoisotopic (exact) mass is 339 g/mol. The van der Waals surface area contributed by atoms with Crippen molar-refractivity contribution < 1.29 is 9.53 Å². The second-order valence-electron chi connectivity index (χ2n) is 6.42. The van der Waals surface area contributed by atoms with Gasteiger partial charge in [-0.05, 0) is 44.0 Å². The minimum absolute atomic E-state index is 0.115. The highest BCUT2D eigenvalue weighted by molar-refractivity contribution is 5.89. The quantitative estimate of drug-likeness (QED) is 0.891. The number of piperidine rings is 1. The first-order valence-electron chi connectivity index (χ1n) is 8.68. The van der Waals surface area contributed by atoms with Crippen LogP contribution in [0, 0.1) is 6.92 Å². The Morgan fingerprint density at radius 3 is 2.68 bits per heavy atom. The standard InChI is InChI=1S/C20H25N3O2/c1-15-9-11-16(12-10-15)21-20(24)22-17-6-5-13-23(14-17)18-7-3-4-8-19(18)25-2/h3-4,7-12,17H,5-6,13-14H2,1-2H3,(H2,21,22,24). The number of hydrogen-bond acceptors (Lipinski definition) is 3. The van der Waals surface area contributed by atoms with Crippen molar-refractivity contribution in [2.75, 3.05) is 30.4 Å². The van der Waals surface area contributed by atoms with Gasteiger partial charge in [0.15, 0.2) is 0 Å². The lowest BCUT2D eigenvalue weighted by atomic mass is 10.0. The summed E-state index contributed by atoms with van der Waals surface area (Å²) in [5.74, 6) is 0.868. The maximum atomic E-state index is 12.3. The van der Waals surface area contributed by atoms with Crippen LogP contribution in [0.1, 0.15) is 18.4 Å². The number of nitrogens with one attached hydrogen (secondary N) is 2. The zero-order valence-electron chi connectivity index (χ0n) is 14.8. The van der Waals surface area contributed by atoms with Gasteiger partial charge >= 0.3 is 6.03 Å². The number of benzene rings is 2. The number of ether oxygens (including phenoxy) is 1. The van der Waals surface area contributed by atoms with Gasteiger partial charge in [-0.3, -0.25) is 0 Å². The summed E-state index contributed by atoms with van der Waals surface area (Å²) in [5, 5.41) is 5.99. The molecule has 0 aromatic heterocycles. The van der Waals surface area contributed by atoms with Crippen molar-refractivity contribution in [2.24, 2.45) is 0 Å². The van der Waals surface area contributed by atoms with E-state index in [4.69, 9.17) is 4.74 Å². The fourth-order valence-electron chi connectivity index (χ4n) is 3.19. The summed E-state index contributed by atoms with van der Waals surface area (Å²) in [6.45, 7) is 3.78. The van der Waals surface area contributed by atoms with E-state index in [0.29, 0.717) is 0 Å². The van der Waals surface area contributed by atoms with Crippen LogP contribution in [-0.2, 0) is 0 Å². The van der Waals surface area contributed by atoms with Gasteiger partial charge < -0.3 is 20.3 Å². The van der Waals surface area contributed by atoms with Gasteiger partial charge in [-0.15, -0.1) is 0 Å². The second kappa shape index (κ2) is 7.92. The van der Waals surface area contributed by atoms with E-state index in [9.17, 15) is 4.79 Å². The van der Waals surface area contributed by atoms with Crippen LogP contribution in [0.3, 0.4) is 0 Å². The van der Waals surface area contributed by atoms with Crippen LogP contribution in [0.15, 0.2) is 48.5 Å². The summed E-state index contributed by atoms with van der Waals surface area (Å²) in [5.41, 5.74) is 3.06. The first kappa shape index (κ1) is 17.1. The van der Waals surface area contributed by atoms with Crippen molar-refractivity contribution in [3.63, 3.8) is 0 Å². The van der Waals surface area contributed by atoms with Crippen LogP contribution in [0.2, 0.25) is 0 Å². The van der Waals surface area contributed by atoms with Crippen LogP contribution in [0.4, 0.5) is 16.2 Å². The molecule has 0 saturated carbocycles. The highest BCUT2D eigenvalue weighted by Gasteiger charge is 2.23. The average Bonchev–Trinajstić information content (AvgIpc) is 2.64. The summed E-state index contributed by atoms with van der Waals surface area (Å²) in [4.78, 5) is 14.5. The molecule has 1 unspecified atom stereocenters. The molecular weight excluding hydrogens is 314 g/mol. The van der Waals surface area contributed by atoms with Gasteiger partial charge in [0.1, 0.15) is 5.75 Å². The highest BCUT2D eigenvalue weighted by atomic mass is 16.5. The molecule has 5 heteroatoms. The number of para-hydroxylation sites is 2. The number of hydrogen-bond donors (Lipinski definition) is 2. The lowest BCUT2D eigenvalue weighted by Gasteiger charge is -2.35. The average molecular weight is 339 g/mol. The van der Waals surface area contributed by atoms with Crippen LogP contribution in [-0.4, -0.2) is 32.3 Å². The van der Waals surface area contributed by atoms with Gasteiger partial charge in [0.25, 0.3) is 0 Å². The molecule has 2 aromatic rings. The van der Waals surface area contributed by atoms with Crippen LogP contribution in [0.25, 0.3) is 0 Å². The van der Waals surface area contributed by atoms with Gasteiger partial charge in [-0.2, -0.15) is 0 Å². The third kappa shape index (κ3) is 4.44. The first-order chi connectivity index (χ1) is 12.2. The first-order valence-corrected chi connectivity index (χ1v) is 8.68. The molecule has 1 saturated heterocycles. The molecule has 2 amide bonds. The van der Waals surface area contributed by atoms with E-state index in [1.165, 1.54) is 5.56 Å². The summed E-state index contributed by atoms with van der Waals surface area (Å²) >= 11 is 0. The Labute approximate surface area is 149 Å². The van der Waals surface area contributed by atoms with E-state index >= 15 is 0 Å². The highest BCUT2D eigenvalue weighted by Crippen LogP contribution is 2.29. The van der Waals surface area contributed by atoms with Crippen LogP contribution < -0.4 is 20.3 Å². The molecule has 0 radical (unpaired) electrons. The molecular formula is C20H25N3O2. The molecule has 5 nitrogen and oxygen atoms in total. The predicted octanol–water partition coefficient (Wildman–Crippen LogP) is 3.79. The number of methoxy groups -OCH3 is 1. The number of amides is 2. The van der Waals surface area contributed by atoms with Crippen molar-refractivity contribution >= 4 is 17.4 Å². The van der Waals surface area contributed by atoms with Crippen molar-refractivity contribution in [2.45, 2.75) is 25.8 Å². The van der Waals surface area contributed by atoms with E-state index in [2.05, 4.69) is 21.6 Å². The number of nitrogens with zero attached hydrogens (tertiary/aromatic N) is 1. The van der Waals surface area contributed by atoms with E-state index in [-0.39, 0.29) is 12.1 Å². The van der Waals surface area contributed by atoms with E-state index in [1.807, 2.05) is 49.4 Å². The lowest BCUT2D eigenvalue weighted by Crippen LogP contribution is -2.49. The smallest absolute Gasteiger partial charge is 0.319 e. The SMILES string of the molecule is COc1ccccc1N1CCCC(NC(=O)Nc2ccc(C)cc2)C1. The summed E-state index contributed by atoms with van der Waals surface area (Å²) in [6.07, 6.45) is 2.01. The zero-order valence-corrected chi connectivity index (χ0v) is 14.8. The van der Waals surface area contributed by atoms with Crippen molar-refractivity contribution in [1.29, 1.82) is 0 Å². The Balaban J connectivity index is 1.59. The number of rotatable bonds is 4. The summed E-state index contributed by atoms with van der Waals surface area (Å²) in [7, 11) is 1.69. The number of carbonyl (C=O) groups is 1. The Kier molecular flexibility index (Phi) is 5.43. The minimum atomic E-state index is -0.157. The van der Waals surface area contributed by atoms with Gasteiger partial charge in [0.05, 0.1) is 12.8 Å². The largest absolute Gasteiger partial charge is 0.495 e. The van der Waals surface area contributed by atoms with Crippen molar-refractivity contribution in [3.05, 3.63) is 54.1 Å². The molecule has 132 valence electrons. The third-order valence-corrected chi connectivity index (χ3v) is 4.49. The fourth-order valence-corrected chi connectivity index (χ4v) is 3.19. The van der Waals surface area contributed by atoms with Crippen LogP contribution in [0.5, 0.6) is 5.75 Å². The number of urea groups is 1. The molecule has 1 aliphatic heterocycles. The molecule has 25 heavy (non-hydrogen) atoms. The van der Waals surface area contributed by atoms with Crippen molar-refractivity contribution in [3.8, 4) is 5.75 Å². The zero-order chi connectivity index (χ0) is 17.6. The number of aryl methyl sites for hydroxylation is 1. The maximum absolute atomic E-state index is 12.3. The predicted molar refractivity (Wildman–Crippen MR) is 102 cm³/mol. The molecule has 2 N–H and O–H groups in total. The Morgan fingerprint density at radius 1 is 1.16 bits per heavy atom. The fraction of sp³-hybridized carbons (Fsp3) is 0.350. The normalized spacial score (nSPS) is 17.0. The van der Waals surface area contributed by atoms with Crippen molar-refractivity contribution in [1.82, 2.24) is 5.32 Å². The molecule has 0 bridgehead atoms. The maximum Gasteiger partial charge on any atom is 0.319 e. The van der Waals surface area contributed by atoms with Gasteiger partial charge in [0.2, 0.25) is 0 Å². The number of carbonyl (C=O) groups excluding carboxylic acids is 1.